The molecule has 0 radical (unpaired) electrons. The van der Waals surface area contributed by atoms with Gasteiger partial charge >= 0.3 is 0 Å². The van der Waals surface area contributed by atoms with E-state index in [2.05, 4.69) is 5.32 Å². The summed E-state index contributed by atoms with van der Waals surface area (Å²) in [5.74, 6) is -0.182. The molecule has 138 valence electrons. The highest BCUT2D eigenvalue weighted by Gasteiger charge is 2.18. The number of rotatable bonds is 4. The van der Waals surface area contributed by atoms with Crippen LogP contribution in [0, 0.1) is 0 Å². The van der Waals surface area contributed by atoms with Crippen LogP contribution in [-0.4, -0.2) is 43.0 Å². The number of nitrogens with two attached hydrogens (primary N) is 1. The number of amides is 2. The Kier molecular flexibility index (Phi) is 7.00. The van der Waals surface area contributed by atoms with Crippen molar-refractivity contribution in [1.82, 2.24) is 4.90 Å². The highest BCUT2D eigenvalue weighted by molar-refractivity contribution is 5.97. The molecule has 0 bridgehead atoms. The van der Waals surface area contributed by atoms with Gasteiger partial charge in [-0.1, -0.05) is 18.2 Å². The van der Waals surface area contributed by atoms with Crippen LogP contribution in [0.3, 0.4) is 0 Å². The fourth-order valence-electron chi connectivity index (χ4n) is 2.71. The Morgan fingerprint density at radius 1 is 1.08 bits per heavy atom. The van der Waals surface area contributed by atoms with E-state index in [-0.39, 0.29) is 30.6 Å². The molecular weight excluding hydrogens is 354 g/mol. The second-order valence-electron chi connectivity index (χ2n) is 5.95. The first-order chi connectivity index (χ1) is 12.1. The average molecular weight is 376 g/mol. The fourth-order valence-corrected chi connectivity index (χ4v) is 2.71. The molecule has 1 aliphatic rings. The minimum Gasteiger partial charge on any atom is -0.399 e. The second-order valence-corrected chi connectivity index (χ2v) is 5.95. The molecule has 3 N–H and O–H groups in total. The number of nitrogens with zero attached hydrogens (tertiary/aromatic N) is 1. The smallest absolute Gasteiger partial charge is 0.254 e. The molecule has 1 heterocycles. The summed E-state index contributed by atoms with van der Waals surface area (Å²) in [5.41, 5.74) is 8.36. The quantitative estimate of drug-likeness (QED) is 0.803. The maximum Gasteiger partial charge on any atom is 0.254 e. The third-order valence-corrected chi connectivity index (χ3v) is 4.04. The van der Waals surface area contributed by atoms with Crippen LogP contribution in [0.4, 0.5) is 11.4 Å². The fraction of sp³-hybridized carbons (Fsp3) is 0.263. The molecule has 0 aliphatic carbocycles. The Balaban J connectivity index is 0.00000243. The molecule has 0 atom stereocenters. The molecule has 1 saturated heterocycles. The number of halogens is 1. The molecule has 3 rings (SSSR count). The van der Waals surface area contributed by atoms with E-state index in [1.165, 1.54) is 0 Å². The summed E-state index contributed by atoms with van der Waals surface area (Å²) in [7, 11) is 0. The standard InChI is InChI=1S/C19H21N3O3.ClH/c20-16-6-4-14(5-7-16)12-18(23)21-17-3-1-2-15(13-17)19(24)22-8-10-25-11-9-22;/h1-7,13H,8-12,20H2,(H,21,23);1H. The number of morpholine rings is 1. The monoisotopic (exact) mass is 375 g/mol. The second kappa shape index (κ2) is 9.22. The topological polar surface area (TPSA) is 84.7 Å². The molecule has 2 amide bonds. The molecule has 0 saturated carbocycles. The zero-order chi connectivity index (χ0) is 17.6. The first-order valence-electron chi connectivity index (χ1n) is 8.23. The van der Waals surface area contributed by atoms with Crippen molar-refractivity contribution in [1.29, 1.82) is 0 Å². The number of ether oxygens (including phenoxy) is 1. The van der Waals surface area contributed by atoms with Gasteiger partial charge < -0.3 is 20.7 Å². The number of carbonyl (C=O) groups is 2. The zero-order valence-corrected chi connectivity index (χ0v) is 15.1. The lowest BCUT2D eigenvalue weighted by Gasteiger charge is -2.27. The van der Waals surface area contributed by atoms with E-state index < -0.39 is 0 Å². The van der Waals surface area contributed by atoms with E-state index in [4.69, 9.17) is 10.5 Å². The number of anilines is 2. The predicted octanol–water partition coefficient (Wildman–Crippen LogP) is 2.34. The highest BCUT2D eigenvalue weighted by Crippen LogP contribution is 2.15. The van der Waals surface area contributed by atoms with Crippen molar-refractivity contribution in [3.8, 4) is 0 Å². The molecule has 0 spiro atoms. The molecule has 6 nitrogen and oxygen atoms in total. The van der Waals surface area contributed by atoms with Crippen molar-refractivity contribution >= 4 is 35.6 Å². The Labute approximate surface area is 158 Å². The van der Waals surface area contributed by atoms with Crippen LogP contribution >= 0.6 is 12.4 Å². The van der Waals surface area contributed by atoms with E-state index >= 15 is 0 Å². The lowest BCUT2D eigenvalue weighted by atomic mass is 10.1. The van der Waals surface area contributed by atoms with Gasteiger partial charge in [0.2, 0.25) is 5.91 Å². The van der Waals surface area contributed by atoms with E-state index in [9.17, 15) is 9.59 Å². The van der Waals surface area contributed by atoms with Gasteiger partial charge in [0.25, 0.3) is 5.91 Å². The number of carbonyl (C=O) groups excluding carboxylic acids is 2. The zero-order valence-electron chi connectivity index (χ0n) is 14.3. The van der Waals surface area contributed by atoms with E-state index in [0.29, 0.717) is 43.2 Å². The first kappa shape index (κ1) is 19.8. The van der Waals surface area contributed by atoms with Gasteiger partial charge in [-0.15, -0.1) is 12.4 Å². The SMILES string of the molecule is Cl.Nc1ccc(CC(=O)Nc2cccc(C(=O)N3CCOCC3)c2)cc1. The number of benzene rings is 2. The minimum atomic E-state index is -0.138. The third-order valence-electron chi connectivity index (χ3n) is 4.04. The lowest BCUT2D eigenvalue weighted by molar-refractivity contribution is -0.115. The normalized spacial score (nSPS) is 13.6. The molecule has 1 aliphatic heterocycles. The maximum atomic E-state index is 12.5. The number of hydrogen-bond donors (Lipinski definition) is 2. The average Bonchev–Trinajstić information content (AvgIpc) is 2.64. The molecule has 26 heavy (non-hydrogen) atoms. The molecule has 1 fully saturated rings. The summed E-state index contributed by atoms with van der Waals surface area (Å²) < 4.78 is 5.27. The summed E-state index contributed by atoms with van der Waals surface area (Å²) in [5, 5.41) is 2.84. The molecular formula is C19H22ClN3O3. The Morgan fingerprint density at radius 2 is 1.77 bits per heavy atom. The van der Waals surface area contributed by atoms with Crippen molar-refractivity contribution in [3.63, 3.8) is 0 Å². The third kappa shape index (κ3) is 5.21. The largest absolute Gasteiger partial charge is 0.399 e. The number of nitrogens with one attached hydrogen (secondary N) is 1. The van der Waals surface area contributed by atoms with Crippen molar-refractivity contribution in [2.45, 2.75) is 6.42 Å². The molecule has 0 unspecified atom stereocenters. The van der Waals surface area contributed by atoms with E-state index in [1.807, 2.05) is 12.1 Å². The van der Waals surface area contributed by atoms with Crippen molar-refractivity contribution in [3.05, 3.63) is 59.7 Å². The van der Waals surface area contributed by atoms with Crippen LogP contribution in [0.15, 0.2) is 48.5 Å². The molecule has 0 aromatic heterocycles. The number of hydrogen-bond acceptors (Lipinski definition) is 4. The predicted molar refractivity (Wildman–Crippen MR) is 104 cm³/mol. The first-order valence-corrected chi connectivity index (χ1v) is 8.23. The Hall–Kier alpha value is -2.57. The van der Waals surface area contributed by atoms with Gasteiger partial charge in [-0.25, -0.2) is 0 Å². The van der Waals surface area contributed by atoms with Crippen LogP contribution < -0.4 is 11.1 Å². The Morgan fingerprint density at radius 3 is 2.46 bits per heavy atom. The molecule has 2 aromatic carbocycles. The summed E-state index contributed by atoms with van der Waals surface area (Å²) >= 11 is 0. The van der Waals surface area contributed by atoms with Gasteiger partial charge in [-0.05, 0) is 35.9 Å². The minimum absolute atomic E-state index is 0. The summed E-state index contributed by atoms with van der Waals surface area (Å²) in [4.78, 5) is 26.5. The van der Waals surface area contributed by atoms with Gasteiger partial charge in [0.05, 0.1) is 19.6 Å². The van der Waals surface area contributed by atoms with Gasteiger partial charge in [-0.3, -0.25) is 9.59 Å². The summed E-state index contributed by atoms with van der Waals surface area (Å²) in [6.07, 6.45) is 0.252. The summed E-state index contributed by atoms with van der Waals surface area (Å²) in [6.45, 7) is 2.30. The van der Waals surface area contributed by atoms with Crippen molar-refractivity contribution in [2.75, 3.05) is 37.4 Å². The summed E-state index contributed by atoms with van der Waals surface area (Å²) in [6, 6.07) is 14.2. The van der Waals surface area contributed by atoms with Crippen LogP contribution in [0.5, 0.6) is 0 Å². The lowest BCUT2D eigenvalue weighted by Crippen LogP contribution is -2.40. The Bertz CT molecular complexity index is 759. The van der Waals surface area contributed by atoms with E-state index in [0.717, 1.165) is 5.56 Å². The van der Waals surface area contributed by atoms with Crippen LogP contribution in [0.25, 0.3) is 0 Å². The molecule has 2 aromatic rings. The van der Waals surface area contributed by atoms with Crippen LogP contribution in [-0.2, 0) is 16.0 Å². The van der Waals surface area contributed by atoms with E-state index in [1.54, 1.807) is 41.3 Å². The van der Waals surface area contributed by atoms with Crippen molar-refractivity contribution in [2.24, 2.45) is 0 Å². The van der Waals surface area contributed by atoms with Crippen molar-refractivity contribution < 1.29 is 14.3 Å². The number of nitrogen functional groups attached to an aromatic ring is 1. The van der Waals surface area contributed by atoms with Crippen LogP contribution in [0.1, 0.15) is 15.9 Å². The maximum absolute atomic E-state index is 12.5. The highest BCUT2D eigenvalue weighted by atomic mass is 35.5. The van der Waals surface area contributed by atoms with Gasteiger partial charge in [-0.2, -0.15) is 0 Å². The van der Waals surface area contributed by atoms with Gasteiger partial charge in [0.1, 0.15) is 0 Å². The van der Waals surface area contributed by atoms with Gasteiger partial charge in [0, 0.05) is 30.0 Å². The molecule has 7 heteroatoms. The van der Waals surface area contributed by atoms with Gasteiger partial charge in [0.15, 0.2) is 0 Å². The van der Waals surface area contributed by atoms with Crippen LogP contribution in [0.2, 0.25) is 0 Å².